The molecule has 0 unspecified atom stereocenters. The van der Waals surface area contributed by atoms with E-state index in [-0.39, 0.29) is 18.0 Å². The normalized spacial score (nSPS) is 18.2. The Morgan fingerprint density at radius 3 is 2.43 bits per heavy atom. The molecule has 0 aromatic heterocycles. The first kappa shape index (κ1) is 17.8. The lowest BCUT2D eigenvalue weighted by atomic mass is 10.1. The van der Waals surface area contributed by atoms with Gasteiger partial charge < -0.3 is 5.32 Å². The largest absolute Gasteiger partial charge is 0.353 e. The van der Waals surface area contributed by atoms with Crippen molar-refractivity contribution in [2.75, 3.05) is 32.7 Å². The Bertz CT molecular complexity index is 543. The molecule has 0 bridgehead atoms. The Hall–Kier alpha value is -1.53. The third-order valence-corrected chi connectivity index (χ3v) is 4.20. The zero-order valence-corrected chi connectivity index (χ0v) is 14.0. The van der Waals surface area contributed by atoms with Crippen molar-refractivity contribution in [2.24, 2.45) is 0 Å². The van der Waals surface area contributed by atoms with Gasteiger partial charge in [-0.05, 0) is 26.8 Å². The minimum absolute atomic E-state index is 0.0256. The summed E-state index contributed by atoms with van der Waals surface area (Å²) in [6, 6.07) is 4.26. The quantitative estimate of drug-likeness (QED) is 0.901. The maximum Gasteiger partial charge on any atom is 0.234 e. The number of carbonyl (C=O) groups is 1. The molecule has 1 aliphatic rings. The van der Waals surface area contributed by atoms with Gasteiger partial charge in [0.1, 0.15) is 0 Å². The first-order valence-corrected chi connectivity index (χ1v) is 8.08. The van der Waals surface area contributed by atoms with Gasteiger partial charge in [0.05, 0.1) is 6.54 Å². The highest BCUT2D eigenvalue weighted by atomic mass is 19.2. The molecule has 1 aromatic carbocycles. The summed E-state index contributed by atoms with van der Waals surface area (Å²) in [5.41, 5.74) is 0.385. The van der Waals surface area contributed by atoms with E-state index < -0.39 is 11.6 Å². The monoisotopic (exact) mass is 325 g/mol. The van der Waals surface area contributed by atoms with Crippen molar-refractivity contribution in [2.45, 2.75) is 32.9 Å². The van der Waals surface area contributed by atoms with Crippen molar-refractivity contribution >= 4 is 5.91 Å². The van der Waals surface area contributed by atoms with Crippen LogP contribution >= 0.6 is 0 Å². The van der Waals surface area contributed by atoms with Crippen LogP contribution in [-0.4, -0.2) is 54.5 Å². The van der Waals surface area contributed by atoms with E-state index in [0.29, 0.717) is 12.1 Å². The Balaban J connectivity index is 1.89. The van der Waals surface area contributed by atoms with Gasteiger partial charge in [0, 0.05) is 43.8 Å². The number of nitrogens with zero attached hydrogens (tertiary/aromatic N) is 2. The number of amides is 1. The maximum atomic E-state index is 13.9. The van der Waals surface area contributed by atoms with Crippen LogP contribution in [0.5, 0.6) is 0 Å². The van der Waals surface area contributed by atoms with Gasteiger partial charge in [-0.25, -0.2) is 8.78 Å². The smallest absolute Gasteiger partial charge is 0.234 e. The van der Waals surface area contributed by atoms with Crippen LogP contribution in [0, 0.1) is 11.6 Å². The van der Waals surface area contributed by atoms with Crippen LogP contribution in [0.1, 0.15) is 32.4 Å². The molecule has 1 heterocycles. The van der Waals surface area contributed by atoms with Crippen LogP contribution in [0.2, 0.25) is 0 Å². The van der Waals surface area contributed by atoms with Gasteiger partial charge in [-0.2, -0.15) is 0 Å². The summed E-state index contributed by atoms with van der Waals surface area (Å²) < 4.78 is 27.3. The van der Waals surface area contributed by atoms with Crippen LogP contribution in [0.3, 0.4) is 0 Å². The summed E-state index contributed by atoms with van der Waals surface area (Å²) >= 11 is 0. The second-order valence-electron chi connectivity index (χ2n) is 6.35. The van der Waals surface area contributed by atoms with Gasteiger partial charge in [0.15, 0.2) is 11.6 Å². The van der Waals surface area contributed by atoms with Crippen LogP contribution in [0.15, 0.2) is 18.2 Å². The third kappa shape index (κ3) is 4.72. The van der Waals surface area contributed by atoms with Crippen molar-refractivity contribution in [3.05, 3.63) is 35.4 Å². The maximum absolute atomic E-state index is 13.9. The van der Waals surface area contributed by atoms with E-state index in [4.69, 9.17) is 0 Å². The summed E-state index contributed by atoms with van der Waals surface area (Å²) in [4.78, 5) is 16.0. The molecule has 1 atom stereocenters. The minimum atomic E-state index is -0.807. The number of hydrogen-bond acceptors (Lipinski definition) is 3. The zero-order valence-electron chi connectivity index (χ0n) is 14.0. The first-order valence-electron chi connectivity index (χ1n) is 8.08. The second kappa shape index (κ2) is 7.84. The summed E-state index contributed by atoms with van der Waals surface area (Å²) in [7, 11) is 0. The summed E-state index contributed by atoms with van der Waals surface area (Å²) in [5, 5.41) is 2.88. The molecule has 0 aliphatic carbocycles. The molecule has 1 aromatic rings. The lowest BCUT2D eigenvalue weighted by Gasteiger charge is -2.38. The van der Waals surface area contributed by atoms with Crippen molar-refractivity contribution in [1.29, 1.82) is 0 Å². The molecule has 0 saturated carbocycles. The molecule has 23 heavy (non-hydrogen) atoms. The zero-order chi connectivity index (χ0) is 17.0. The van der Waals surface area contributed by atoms with E-state index in [1.165, 1.54) is 6.07 Å². The second-order valence-corrected chi connectivity index (χ2v) is 6.35. The molecule has 1 amide bonds. The fourth-order valence-electron chi connectivity index (χ4n) is 2.92. The highest BCUT2D eigenvalue weighted by molar-refractivity contribution is 5.78. The van der Waals surface area contributed by atoms with Crippen LogP contribution in [0.4, 0.5) is 8.78 Å². The van der Waals surface area contributed by atoms with Gasteiger partial charge in [-0.15, -0.1) is 0 Å². The Morgan fingerprint density at radius 2 is 1.83 bits per heavy atom. The van der Waals surface area contributed by atoms with Crippen LogP contribution < -0.4 is 5.32 Å². The van der Waals surface area contributed by atoms with E-state index in [0.717, 1.165) is 32.2 Å². The fraction of sp³-hybridized carbons (Fsp3) is 0.588. The molecule has 2 rings (SSSR count). The predicted octanol–water partition coefficient (Wildman–Crippen LogP) is 2.17. The molecule has 1 aliphatic heterocycles. The number of halogens is 2. The fourth-order valence-corrected chi connectivity index (χ4v) is 2.92. The van der Waals surface area contributed by atoms with Gasteiger partial charge in [0.25, 0.3) is 0 Å². The minimum Gasteiger partial charge on any atom is -0.353 e. The molecular formula is C17H25F2N3O. The topological polar surface area (TPSA) is 35.6 Å². The molecule has 1 N–H and O–H groups in total. The van der Waals surface area contributed by atoms with E-state index in [9.17, 15) is 13.6 Å². The van der Waals surface area contributed by atoms with Crippen LogP contribution in [-0.2, 0) is 4.79 Å². The summed E-state index contributed by atoms with van der Waals surface area (Å²) in [6.07, 6.45) is 0. The standard InChI is InChI=1S/C17H25F2N3O/c1-12(2)20-16(23)11-21-7-9-22(10-8-21)13(3)14-5-4-6-15(18)17(14)19/h4-6,12-13H,7-11H2,1-3H3,(H,20,23)/t13-/m1/s1. The van der Waals surface area contributed by atoms with Crippen molar-refractivity contribution in [3.63, 3.8) is 0 Å². The molecule has 128 valence electrons. The highest BCUT2D eigenvalue weighted by Crippen LogP contribution is 2.25. The number of nitrogens with one attached hydrogen (secondary N) is 1. The lowest BCUT2D eigenvalue weighted by molar-refractivity contribution is -0.123. The number of benzene rings is 1. The Labute approximate surface area is 136 Å². The molecule has 1 saturated heterocycles. The van der Waals surface area contributed by atoms with Crippen molar-refractivity contribution in [3.8, 4) is 0 Å². The molecule has 1 fully saturated rings. The van der Waals surface area contributed by atoms with Crippen molar-refractivity contribution in [1.82, 2.24) is 15.1 Å². The Morgan fingerprint density at radius 1 is 1.17 bits per heavy atom. The third-order valence-electron chi connectivity index (χ3n) is 4.20. The van der Waals surface area contributed by atoms with E-state index in [1.54, 1.807) is 6.07 Å². The SMILES string of the molecule is CC(C)NC(=O)CN1CCN([C@H](C)c2cccc(F)c2F)CC1. The Kier molecular flexibility index (Phi) is 6.07. The lowest BCUT2D eigenvalue weighted by Crippen LogP contribution is -2.50. The molecule has 0 spiro atoms. The van der Waals surface area contributed by atoms with E-state index >= 15 is 0 Å². The molecule has 0 radical (unpaired) electrons. The average molecular weight is 325 g/mol. The van der Waals surface area contributed by atoms with Crippen molar-refractivity contribution < 1.29 is 13.6 Å². The number of carbonyl (C=O) groups excluding carboxylic acids is 1. The summed E-state index contributed by atoms with van der Waals surface area (Å²) in [6.45, 7) is 9.08. The number of rotatable bonds is 5. The predicted molar refractivity (Wildman–Crippen MR) is 86.1 cm³/mol. The first-order chi connectivity index (χ1) is 10.9. The summed E-state index contributed by atoms with van der Waals surface area (Å²) in [5.74, 6) is -1.55. The van der Waals surface area contributed by atoms with Gasteiger partial charge in [-0.1, -0.05) is 12.1 Å². The van der Waals surface area contributed by atoms with Gasteiger partial charge in [-0.3, -0.25) is 14.6 Å². The number of piperazine rings is 1. The molecule has 4 nitrogen and oxygen atoms in total. The number of hydrogen-bond donors (Lipinski definition) is 1. The van der Waals surface area contributed by atoms with Crippen LogP contribution in [0.25, 0.3) is 0 Å². The highest BCUT2D eigenvalue weighted by Gasteiger charge is 2.25. The van der Waals surface area contributed by atoms with Gasteiger partial charge in [0.2, 0.25) is 5.91 Å². The average Bonchev–Trinajstić information content (AvgIpc) is 2.49. The van der Waals surface area contributed by atoms with E-state index in [1.807, 2.05) is 20.8 Å². The van der Waals surface area contributed by atoms with Gasteiger partial charge >= 0.3 is 0 Å². The molecular weight excluding hydrogens is 300 g/mol. The van der Waals surface area contributed by atoms with E-state index in [2.05, 4.69) is 15.1 Å². The molecule has 6 heteroatoms.